The smallest absolute Gasteiger partial charge is 0.240 e. The molecule has 0 aliphatic carbocycles. The Balaban J connectivity index is 0.00000288. The lowest BCUT2D eigenvalue weighted by molar-refractivity contribution is -0.135. The molecule has 3 N–H and O–H groups in total. The second-order valence-corrected chi connectivity index (χ2v) is 7.32. The van der Waals surface area contributed by atoms with Crippen molar-refractivity contribution in [3.63, 3.8) is 0 Å². The SMILES string of the molecule is COc1ccc(NC2CCN(C(=O)[C@@H](N)C(C)(C)C)CC2)cc1.Cl. The highest BCUT2D eigenvalue weighted by atomic mass is 35.5. The van der Waals surface area contributed by atoms with Gasteiger partial charge in [0, 0.05) is 24.8 Å². The Morgan fingerprint density at radius 2 is 1.79 bits per heavy atom. The predicted octanol–water partition coefficient (Wildman–Crippen LogP) is 2.89. The Morgan fingerprint density at radius 3 is 2.25 bits per heavy atom. The summed E-state index contributed by atoms with van der Waals surface area (Å²) in [5.41, 5.74) is 6.98. The van der Waals surface area contributed by atoms with E-state index in [-0.39, 0.29) is 23.7 Å². The second kappa shape index (κ2) is 8.58. The Morgan fingerprint density at radius 1 is 1.25 bits per heavy atom. The third-order valence-corrected chi connectivity index (χ3v) is 4.47. The number of anilines is 1. The summed E-state index contributed by atoms with van der Waals surface area (Å²) in [5.74, 6) is 0.924. The third kappa shape index (κ3) is 5.28. The summed E-state index contributed by atoms with van der Waals surface area (Å²) >= 11 is 0. The number of benzene rings is 1. The number of hydrogen-bond donors (Lipinski definition) is 2. The second-order valence-electron chi connectivity index (χ2n) is 7.32. The molecule has 1 saturated heterocycles. The number of carbonyl (C=O) groups excluding carboxylic acids is 1. The van der Waals surface area contributed by atoms with Gasteiger partial charge in [-0.05, 0) is 42.5 Å². The molecule has 1 aromatic carbocycles. The van der Waals surface area contributed by atoms with E-state index in [9.17, 15) is 4.79 Å². The van der Waals surface area contributed by atoms with Gasteiger partial charge in [-0.15, -0.1) is 12.4 Å². The van der Waals surface area contributed by atoms with E-state index in [1.54, 1.807) is 7.11 Å². The van der Waals surface area contributed by atoms with Crippen LogP contribution in [0, 0.1) is 5.41 Å². The molecule has 1 aliphatic heterocycles. The summed E-state index contributed by atoms with van der Waals surface area (Å²) in [6, 6.07) is 7.89. The predicted molar refractivity (Wildman–Crippen MR) is 101 cm³/mol. The number of amides is 1. The number of nitrogens with two attached hydrogens (primary N) is 1. The zero-order valence-corrected chi connectivity index (χ0v) is 15.9. The number of halogens is 1. The average molecular weight is 356 g/mol. The van der Waals surface area contributed by atoms with Crippen molar-refractivity contribution >= 4 is 24.0 Å². The molecule has 2 rings (SSSR count). The number of methoxy groups -OCH3 is 1. The lowest BCUT2D eigenvalue weighted by Gasteiger charge is -2.37. The molecule has 5 nitrogen and oxygen atoms in total. The topological polar surface area (TPSA) is 67.6 Å². The number of likely N-dealkylation sites (tertiary alicyclic amines) is 1. The molecule has 1 aromatic rings. The highest BCUT2D eigenvalue weighted by Gasteiger charge is 2.32. The lowest BCUT2D eigenvalue weighted by Crippen LogP contribution is -2.53. The number of rotatable bonds is 4. The molecule has 1 fully saturated rings. The largest absolute Gasteiger partial charge is 0.497 e. The fraction of sp³-hybridized carbons (Fsp3) is 0.611. The van der Waals surface area contributed by atoms with Crippen LogP contribution in [0.2, 0.25) is 0 Å². The highest BCUT2D eigenvalue weighted by Crippen LogP contribution is 2.23. The summed E-state index contributed by atoms with van der Waals surface area (Å²) in [4.78, 5) is 14.4. The van der Waals surface area contributed by atoms with Crippen LogP contribution in [-0.2, 0) is 4.79 Å². The molecular weight excluding hydrogens is 326 g/mol. The van der Waals surface area contributed by atoms with Crippen LogP contribution in [-0.4, -0.2) is 43.1 Å². The first-order valence-corrected chi connectivity index (χ1v) is 8.26. The minimum Gasteiger partial charge on any atom is -0.497 e. The van der Waals surface area contributed by atoms with Crippen LogP contribution in [0.15, 0.2) is 24.3 Å². The molecule has 1 aliphatic rings. The molecule has 24 heavy (non-hydrogen) atoms. The van der Waals surface area contributed by atoms with E-state index in [2.05, 4.69) is 5.32 Å². The molecule has 1 heterocycles. The Bertz CT molecular complexity index is 520. The van der Waals surface area contributed by atoms with Crippen molar-refractivity contribution in [2.75, 3.05) is 25.5 Å². The summed E-state index contributed by atoms with van der Waals surface area (Å²) < 4.78 is 5.17. The standard InChI is InChI=1S/C18H29N3O2.ClH/c1-18(2,3)16(19)17(22)21-11-9-14(10-12-21)20-13-5-7-15(23-4)8-6-13;/h5-8,14,16,20H,9-12,19H2,1-4H3;1H/t16-;/m1./s1. The van der Waals surface area contributed by atoms with Crippen molar-refractivity contribution in [3.8, 4) is 5.75 Å². The fourth-order valence-electron chi connectivity index (χ4n) is 2.73. The van der Waals surface area contributed by atoms with Gasteiger partial charge < -0.3 is 20.7 Å². The number of ether oxygens (including phenoxy) is 1. The first-order valence-electron chi connectivity index (χ1n) is 8.26. The van der Waals surface area contributed by atoms with E-state index in [0.717, 1.165) is 37.4 Å². The van der Waals surface area contributed by atoms with Gasteiger partial charge >= 0.3 is 0 Å². The van der Waals surface area contributed by atoms with Gasteiger partial charge in [0.15, 0.2) is 0 Å². The molecular formula is C18H30ClN3O2. The highest BCUT2D eigenvalue weighted by molar-refractivity contribution is 5.85. The van der Waals surface area contributed by atoms with E-state index >= 15 is 0 Å². The molecule has 0 radical (unpaired) electrons. The normalized spacial score (nSPS) is 17.0. The summed E-state index contributed by atoms with van der Waals surface area (Å²) in [5, 5.41) is 3.53. The maximum Gasteiger partial charge on any atom is 0.240 e. The van der Waals surface area contributed by atoms with Gasteiger partial charge in [-0.2, -0.15) is 0 Å². The van der Waals surface area contributed by atoms with E-state index in [1.807, 2.05) is 49.9 Å². The van der Waals surface area contributed by atoms with Gasteiger partial charge in [0.1, 0.15) is 5.75 Å². The van der Waals surface area contributed by atoms with Crippen LogP contribution in [0.1, 0.15) is 33.6 Å². The summed E-state index contributed by atoms with van der Waals surface area (Å²) in [7, 11) is 1.66. The number of nitrogens with one attached hydrogen (secondary N) is 1. The molecule has 0 spiro atoms. The molecule has 1 amide bonds. The quantitative estimate of drug-likeness (QED) is 0.871. The van der Waals surface area contributed by atoms with Crippen LogP contribution < -0.4 is 15.8 Å². The van der Waals surface area contributed by atoms with Crippen LogP contribution in [0.3, 0.4) is 0 Å². The number of hydrogen-bond acceptors (Lipinski definition) is 4. The molecule has 0 saturated carbocycles. The number of nitrogens with zero attached hydrogens (tertiary/aromatic N) is 1. The van der Waals surface area contributed by atoms with Gasteiger partial charge in [-0.25, -0.2) is 0 Å². The van der Waals surface area contributed by atoms with E-state index in [0.29, 0.717) is 6.04 Å². The Labute approximate surface area is 151 Å². The minimum atomic E-state index is -0.436. The third-order valence-electron chi connectivity index (χ3n) is 4.47. The van der Waals surface area contributed by atoms with Gasteiger partial charge in [-0.3, -0.25) is 4.79 Å². The monoisotopic (exact) mass is 355 g/mol. The first kappa shape index (κ1) is 20.6. The summed E-state index contributed by atoms with van der Waals surface area (Å²) in [6.45, 7) is 7.54. The van der Waals surface area contributed by atoms with Crippen LogP contribution >= 0.6 is 12.4 Å². The van der Waals surface area contributed by atoms with E-state index in [1.165, 1.54) is 0 Å². The van der Waals surface area contributed by atoms with Gasteiger partial charge in [-0.1, -0.05) is 20.8 Å². The minimum absolute atomic E-state index is 0. The van der Waals surface area contributed by atoms with Crippen molar-refractivity contribution in [1.82, 2.24) is 4.90 Å². The molecule has 6 heteroatoms. The van der Waals surface area contributed by atoms with Crippen molar-refractivity contribution in [2.24, 2.45) is 11.1 Å². The van der Waals surface area contributed by atoms with Gasteiger partial charge in [0.05, 0.1) is 13.2 Å². The molecule has 0 unspecified atom stereocenters. The average Bonchev–Trinajstić information content (AvgIpc) is 2.54. The van der Waals surface area contributed by atoms with Gasteiger partial charge in [0.25, 0.3) is 0 Å². The van der Waals surface area contributed by atoms with Crippen molar-refractivity contribution in [2.45, 2.75) is 45.7 Å². The first-order chi connectivity index (χ1) is 10.8. The van der Waals surface area contributed by atoms with Crippen molar-refractivity contribution < 1.29 is 9.53 Å². The molecule has 1 atom stereocenters. The zero-order valence-electron chi connectivity index (χ0n) is 15.0. The Hall–Kier alpha value is -1.46. The van der Waals surface area contributed by atoms with Crippen molar-refractivity contribution in [3.05, 3.63) is 24.3 Å². The van der Waals surface area contributed by atoms with E-state index in [4.69, 9.17) is 10.5 Å². The van der Waals surface area contributed by atoms with Crippen LogP contribution in [0.25, 0.3) is 0 Å². The number of piperidine rings is 1. The summed E-state index contributed by atoms with van der Waals surface area (Å²) in [6.07, 6.45) is 1.88. The fourth-order valence-corrected chi connectivity index (χ4v) is 2.73. The molecule has 0 aromatic heterocycles. The number of carbonyl (C=O) groups is 1. The Kier molecular flexibility index (Phi) is 7.36. The van der Waals surface area contributed by atoms with Gasteiger partial charge in [0.2, 0.25) is 5.91 Å². The van der Waals surface area contributed by atoms with Crippen LogP contribution in [0.5, 0.6) is 5.75 Å². The molecule has 0 bridgehead atoms. The van der Waals surface area contributed by atoms with Crippen LogP contribution in [0.4, 0.5) is 5.69 Å². The van der Waals surface area contributed by atoms with E-state index < -0.39 is 6.04 Å². The maximum absolute atomic E-state index is 12.4. The maximum atomic E-state index is 12.4. The van der Waals surface area contributed by atoms with Crippen molar-refractivity contribution in [1.29, 1.82) is 0 Å². The zero-order chi connectivity index (χ0) is 17.0. The lowest BCUT2D eigenvalue weighted by atomic mass is 9.86. The molecule has 136 valence electrons.